The summed E-state index contributed by atoms with van der Waals surface area (Å²) < 4.78 is 17.0. The number of para-hydroxylation sites is 1. The Labute approximate surface area is 191 Å². The SMILES string of the molecule is Cc1oc2cc(OC(=O)C([NH3+])Cc3ccccc3)ccc2c(=O)c1Oc1ccccc1.[Cl-]. The predicted octanol–water partition coefficient (Wildman–Crippen LogP) is 0.656. The molecule has 7 heteroatoms. The van der Waals surface area contributed by atoms with Crippen molar-refractivity contribution in [1.82, 2.24) is 0 Å². The van der Waals surface area contributed by atoms with Crippen molar-refractivity contribution in [3.05, 3.63) is 100 Å². The summed E-state index contributed by atoms with van der Waals surface area (Å²) in [7, 11) is 0. The van der Waals surface area contributed by atoms with E-state index in [0.717, 1.165) is 5.56 Å². The minimum absolute atomic E-state index is 0. The van der Waals surface area contributed by atoms with Gasteiger partial charge < -0.3 is 32.0 Å². The molecule has 1 heterocycles. The third-order valence-electron chi connectivity index (χ3n) is 4.83. The molecule has 0 fully saturated rings. The summed E-state index contributed by atoms with van der Waals surface area (Å²) in [6.45, 7) is 1.66. The van der Waals surface area contributed by atoms with Crippen LogP contribution in [0.3, 0.4) is 0 Å². The van der Waals surface area contributed by atoms with Crippen molar-refractivity contribution in [2.75, 3.05) is 0 Å². The zero-order valence-electron chi connectivity index (χ0n) is 17.4. The molecule has 3 N–H and O–H groups in total. The summed E-state index contributed by atoms with van der Waals surface area (Å²) in [4.78, 5) is 25.3. The summed E-state index contributed by atoms with van der Waals surface area (Å²) in [6, 6.07) is 22.7. The fourth-order valence-corrected chi connectivity index (χ4v) is 3.24. The summed E-state index contributed by atoms with van der Waals surface area (Å²) >= 11 is 0. The van der Waals surface area contributed by atoms with Crippen LogP contribution in [0.2, 0.25) is 0 Å². The maximum absolute atomic E-state index is 12.9. The topological polar surface area (TPSA) is 93.4 Å². The number of hydrogen-bond donors (Lipinski definition) is 1. The number of halogens is 1. The van der Waals surface area contributed by atoms with Gasteiger partial charge in [0.25, 0.3) is 0 Å². The van der Waals surface area contributed by atoms with Gasteiger partial charge in [0.05, 0.1) is 5.39 Å². The van der Waals surface area contributed by atoms with Crippen LogP contribution < -0.4 is 33.0 Å². The molecule has 4 rings (SSSR count). The first kappa shape index (κ1) is 23.1. The van der Waals surface area contributed by atoms with Crippen molar-refractivity contribution in [2.24, 2.45) is 0 Å². The molecular weight excluding hydrogens is 430 g/mol. The lowest BCUT2D eigenvalue weighted by atomic mass is 10.1. The Balaban J connectivity index is 0.00000289. The van der Waals surface area contributed by atoms with Gasteiger partial charge in [0.1, 0.15) is 22.8 Å². The fraction of sp³-hybridized carbons (Fsp3) is 0.120. The first-order valence-electron chi connectivity index (χ1n) is 9.90. The van der Waals surface area contributed by atoms with Crippen LogP contribution in [0.4, 0.5) is 0 Å². The molecule has 0 spiro atoms. The predicted molar refractivity (Wildman–Crippen MR) is 116 cm³/mol. The van der Waals surface area contributed by atoms with Gasteiger partial charge in [-0.3, -0.25) is 4.79 Å². The zero-order chi connectivity index (χ0) is 21.8. The number of carbonyl (C=O) groups excluding carboxylic acids is 1. The molecule has 0 aliphatic heterocycles. The molecule has 1 atom stereocenters. The van der Waals surface area contributed by atoms with Gasteiger partial charge in [-0.25, -0.2) is 4.79 Å². The second-order valence-electron chi connectivity index (χ2n) is 7.20. The molecule has 0 amide bonds. The van der Waals surface area contributed by atoms with Crippen molar-refractivity contribution in [3.8, 4) is 17.2 Å². The van der Waals surface area contributed by atoms with Crippen LogP contribution in [0.5, 0.6) is 17.2 Å². The van der Waals surface area contributed by atoms with E-state index in [0.29, 0.717) is 34.6 Å². The number of esters is 1. The van der Waals surface area contributed by atoms with E-state index in [9.17, 15) is 9.59 Å². The second kappa shape index (κ2) is 10.1. The van der Waals surface area contributed by atoms with Crippen LogP contribution in [-0.4, -0.2) is 12.0 Å². The lowest BCUT2D eigenvalue weighted by Crippen LogP contribution is -3.00. The maximum atomic E-state index is 12.9. The minimum Gasteiger partial charge on any atom is -1.00 e. The maximum Gasteiger partial charge on any atom is 0.370 e. The highest BCUT2D eigenvalue weighted by Crippen LogP contribution is 2.27. The molecule has 1 unspecified atom stereocenters. The Morgan fingerprint density at radius 3 is 2.31 bits per heavy atom. The van der Waals surface area contributed by atoms with Gasteiger partial charge in [-0.05, 0) is 36.8 Å². The molecule has 0 saturated carbocycles. The number of carbonyl (C=O) groups is 1. The number of ether oxygens (including phenoxy) is 2. The van der Waals surface area contributed by atoms with Gasteiger partial charge in [-0.15, -0.1) is 0 Å². The molecule has 0 aliphatic rings. The molecular formula is C25H22ClNO5. The smallest absolute Gasteiger partial charge is 0.370 e. The molecule has 32 heavy (non-hydrogen) atoms. The molecule has 0 radical (unpaired) electrons. The van der Waals surface area contributed by atoms with Gasteiger partial charge in [-0.2, -0.15) is 0 Å². The van der Waals surface area contributed by atoms with Crippen LogP contribution in [-0.2, 0) is 11.2 Å². The molecule has 0 saturated heterocycles. The lowest BCUT2D eigenvalue weighted by Gasteiger charge is -2.11. The van der Waals surface area contributed by atoms with E-state index in [2.05, 4.69) is 5.73 Å². The van der Waals surface area contributed by atoms with Crippen LogP contribution in [0.1, 0.15) is 11.3 Å². The highest BCUT2D eigenvalue weighted by atomic mass is 35.5. The largest absolute Gasteiger partial charge is 1.00 e. The monoisotopic (exact) mass is 451 g/mol. The van der Waals surface area contributed by atoms with Crippen molar-refractivity contribution < 1.29 is 36.8 Å². The highest BCUT2D eigenvalue weighted by molar-refractivity contribution is 5.82. The molecule has 164 valence electrons. The molecule has 3 aromatic carbocycles. The first-order valence-corrected chi connectivity index (χ1v) is 9.90. The normalized spacial score (nSPS) is 11.4. The molecule has 0 aliphatic carbocycles. The van der Waals surface area contributed by atoms with Gasteiger partial charge in [0.15, 0.2) is 6.04 Å². The Morgan fingerprint density at radius 2 is 1.62 bits per heavy atom. The van der Waals surface area contributed by atoms with Crippen molar-refractivity contribution in [3.63, 3.8) is 0 Å². The van der Waals surface area contributed by atoms with E-state index < -0.39 is 12.0 Å². The number of hydrogen-bond acceptors (Lipinski definition) is 5. The summed E-state index contributed by atoms with van der Waals surface area (Å²) in [5.74, 6) is 0.848. The zero-order valence-corrected chi connectivity index (χ0v) is 18.2. The Bertz CT molecular complexity index is 1270. The van der Waals surface area contributed by atoms with E-state index in [1.54, 1.807) is 31.2 Å². The summed E-state index contributed by atoms with van der Waals surface area (Å²) in [5, 5.41) is 0.340. The van der Waals surface area contributed by atoms with Crippen LogP contribution in [0.25, 0.3) is 11.0 Å². The number of rotatable bonds is 6. The van der Waals surface area contributed by atoms with E-state index in [1.807, 2.05) is 48.5 Å². The molecule has 4 aromatic rings. The Morgan fingerprint density at radius 1 is 0.969 bits per heavy atom. The van der Waals surface area contributed by atoms with Crippen LogP contribution >= 0.6 is 0 Å². The van der Waals surface area contributed by atoms with Gasteiger partial charge in [-0.1, -0.05) is 48.5 Å². The van der Waals surface area contributed by atoms with E-state index in [-0.39, 0.29) is 23.6 Å². The van der Waals surface area contributed by atoms with E-state index >= 15 is 0 Å². The number of quaternary nitrogens is 1. The Hall–Kier alpha value is -3.61. The van der Waals surface area contributed by atoms with Gasteiger partial charge >= 0.3 is 5.97 Å². The van der Waals surface area contributed by atoms with Crippen molar-refractivity contribution in [2.45, 2.75) is 19.4 Å². The average molecular weight is 452 g/mol. The summed E-state index contributed by atoms with van der Waals surface area (Å²) in [6.07, 6.45) is 0.474. The number of aryl methyl sites for hydroxylation is 1. The third-order valence-corrected chi connectivity index (χ3v) is 4.83. The lowest BCUT2D eigenvalue weighted by molar-refractivity contribution is -0.406. The summed E-state index contributed by atoms with van der Waals surface area (Å²) in [5.41, 5.74) is 4.94. The highest BCUT2D eigenvalue weighted by Gasteiger charge is 2.21. The van der Waals surface area contributed by atoms with E-state index in [4.69, 9.17) is 13.9 Å². The quantitative estimate of drug-likeness (QED) is 0.343. The van der Waals surface area contributed by atoms with E-state index in [1.165, 1.54) is 6.07 Å². The number of fused-ring (bicyclic) bond motifs is 1. The van der Waals surface area contributed by atoms with Gasteiger partial charge in [0, 0.05) is 12.5 Å². The first-order chi connectivity index (χ1) is 15.0. The second-order valence-corrected chi connectivity index (χ2v) is 7.20. The van der Waals surface area contributed by atoms with Crippen LogP contribution in [0.15, 0.2) is 88.1 Å². The third kappa shape index (κ3) is 5.17. The molecule has 1 aromatic heterocycles. The molecule has 0 bridgehead atoms. The van der Waals surface area contributed by atoms with Crippen molar-refractivity contribution in [1.29, 1.82) is 0 Å². The molecule has 6 nitrogen and oxygen atoms in total. The standard InChI is InChI=1S/C25H21NO5.ClH/c1-16-24(30-18-10-6-3-7-11-18)23(27)20-13-12-19(15-22(20)29-16)31-25(28)21(26)14-17-8-4-2-5-9-17;/h2-13,15,21H,14,26H2,1H3;1H. The fourth-order valence-electron chi connectivity index (χ4n) is 3.24. The Kier molecular flexibility index (Phi) is 7.30. The number of benzene rings is 3. The van der Waals surface area contributed by atoms with Gasteiger partial charge in [0.2, 0.25) is 11.2 Å². The minimum atomic E-state index is -0.562. The average Bonchev–Trinajstić information content (AvgIpc) is 2.78. The van der Waals surface area contributed by atoms with Crippen molar-refractivity contribution >= 4 is 16.9 Å². The van der Waals surface area contributed by atoms with Crippen LogP contribution in [0, 0.1) is 6.92 Å².